The Balaban J connectivity index is 2.01. The van der Waals surface area contributed by atoms with E-state index in [2.05, 4.69) is 5.10 Å². The molecule has 0 N–H and O–H groups in total. The SMILES string of the molecule is COc1ccc(C2=NN(C(C)=O)C(c3ccc(OC)c(OC)c3)C2)c(OC(C)=O)c1. The summed E-state index contributed by atoms with van der Waals surface area (Å²) in [7, 11) is 4.66. The number of ether oxygens (including phenoxy) is 4. The number of rotatable bonds is 6. The molecule has 8 heteroatoms. The number of methoxy groups -OCH3 is 3. The van der Waals surface area contributed by atoms with Crippen molar-refractivity contribution in [2.75, 3.05) is 21.3 Å². The van der Waals surface area contributed by atoms with Gasteiger partial charge in [0.2, 0.25) is 5.91 Å². The highest BCUT2D eigenvalue weighted by molar-refractivity contribution is 6.05. The van der Waals surface area contributed by atoms with E-state index in [9.17, 15) is 9.59 Å². The Morgan fingerprint density at radius 2 is 1.67 bits per heavy atom. The molecule has 1 atom stereocenters. The largest absolute Gasteiger partial charge is 0.497 e. The molecule has 8 nitrogen and oxygen atoms in total. The summed E-state index contributed by atoms with van der Waals surface area (Å²) in [5, 5.41) is 5.96. The molecule has 0 fully saturated rings. The fraction of sp³-hybridized carbons (Fsp3) is 0.318. The number of carbonyl (C=O) groups is 2. The van der Waals surface area contributed by atoms with Crippen molar-refractivity contribution in [1.82, 2.24) is 5.01 Å². The third-order valence-electron chi connectivity index (χ3n) is 4.78. The van der Waals surface area contributed by atoms with Crippen molar-refractivity contribution in [2.24, 2.45) is 5.10 Å². The highest BCUT2D eigenvalue weighted by Gasteiger charge is 2.33. The van der Waals surface area contributed by atoms with E-state index in [0.29, 0.717) is 40.7 Å². The first kappa shape index (κ1) is 21.2. The maximum Gasteiger partial charge on any atom is 0.308 e. The Morgan fingerprint density at radius 3 is 2.27 bits per heavy atom. The van der Waals surface area contributed by atoms with Crippen molar-refractivity contribution < 1.29 is 28.5 Å². The normalized spacial score (nSPS) is 15.4. The van der Waals surface area contributed by atoms with Crippen LogP contribution in [0.25, 0.3) is 0 Å². The molecule has 0 aliphatic carbocycles. The Labute approximate surface area is 175 Å². The van der Waals surface area contributed by atoms with Crippen LogP contribution >= 0.6 is 0 Å². The summed E-state index contributed by atoms with van der Waals surface area (Å²) in [6.07, 6.45) is 0.440. The maximum absolute atomic E-state index is 12.3. The second-order valence-electron chi connectivity index (χ2n) is 6.70. The summed E-state index contributed by atoms with van der Waals surface area (Å²) in [4.78, 5) is 23.9. The molecule has 0 bridgehead atoms. The molecule has 1 aliphatic heterocycles. The summed E-state index contributed by atoms with van der Waals surface area (Å²) in [6.45, 7) is 2.79. The van der Waals surface area contributed by atoms with E-state index in [-0.39, 0.29) is 11.9 Å². The van der Waals surface area contributed by atoms with Crippen LogP contribution in [-0.4, -0.2) is 43.9 Å². The molecule has 0 saturated heterocycles. The molecule has 0 spiro atoms. The van der Waals surface area contributed by atoms with Crippen molar-refractivity contribution in [2.45, 2.75) is 26.3 Å². The van der Waals surface area contributed by atoms with Crippen molar-refractivity contribution in [3.05, 3.63) is 47.5 Å². The smallest absolute Gasteiger partial charge is 0.308 e. The van der Waals surface area contributed by atoms with Crippen LogP contribution < -0.4 is 18.9 Å². The maximum atomic E-state index is 12.3. The zero-order chi connectivity index (χ0) is 21.8. The average molecular weight is 412 g/mol. The first-order chi connectivity index (χ1) is 14.4. The van der Waals surface area contributed by atoms with Crippen LogP contribution in [0, 0.1) is 0 Å². The quantitative estimate of drug-likeness (QED) is 0.534. The minimum Gasteiger partial charge on any atom is -0.497 e. The zero-order valence-electron chi connectivity index (χ0n) is 17.6. The Bertz CT molecular complexity index is 1000. The molecule has 158 valence electrons. The van der Waals surface area contributed by atoms with Crippen LogP contribution in [0.1, 0.15) is 37.4 Å². The van der Waals surface area contributed by atoms with Crippen LogP contribution in [0.4, 0.5) is 0 Å². The molecule has 0 saturated carbocycles. The Morgan fingerprint density at radius 1 is 0.933 bits per heavy atom. The van der Waals surface area contributed by atoms with E-state index in [4.69, 9.17) is 18.9 Å². The lowest BCUT2D eigenvalue weighted by Gasteiger charge is -2.21. The summed E-state index contributed by atoms with van der Waals surface area (Å²) in [5.74, 6) is 1.39. The van der Waals surface area contributed by atoms with Crippen LogP contribution in [-0.2, 0) is 9.59 Å². The molecule has 0 radical (unpaired) electrons. The predicted molar refractivity (Wildman–Crippen MR) is 110 cm³/mol. The standard InChI is InChI=1S/C22H24N2O6/c1-13(25)24-19(15-6-9-20(28-4)22(10-15)29-5)12-18(23-24)17-8-7-16(27-3)11-21(17)30-14(2)26/h6-11,19H,12H2,1-5H3. The van der Waals surface area contributed by atoms with Crippen LogP contribution in [0.5, 0.6) is 23.0 Å². The molecular formula is C22H24N2O6. The zero-order valence-corrected chi connectivity index (χ0v) is 17.6. The van der Waals surface area contributed by atoms with Gasteiger partial charge in [-0.25, -0.2) is 5.01 Å². The predicted octanol–water partition coefficient (Wildman–Crippen LogP) is 3.34. The summed E-state index contributed by atoms with van der Waals surface area (Å²) >= 11 is 0. The van der Waals surface area contributed by atoms with Crippen LogP contribution in [0.2, 0.25) is 0 Å². The van der Waals surface area contributed by atoms with Crippen LogP contribution in [0.15, 0.2) is 41.5 Å². The monoisotopic (exact) mass is 412 g/mol. The molecule has 1 amide bonds. The number of nitrogens with zero attached hydrogens (tertiary/aromatic N) is 2. The van der Waals surface area contributed by atoms with Crippen molar-refractivity contribution in [3.63, 3.8) is 0 Å². The lowest BCUT2D eigenvalue weighted by atomic mass is 9.97. The fourth-order valence-corrected chi connectivity index (χ4v) is 3.39. The topological polar surface area (TPSA) is 86.7 Å². The third-order valence-corrected chi connectivity index (χ3v) is 4.78. The van der Waals surface area contributed by atoms with Gasteiger partial charge in [0.25, 0.3) is 0 Å². The lowest BCUT2D eigenvalue weighted by molar-refractivity contribution is -0.132. The minimum atomic E-state index is -0.456. The molecule has 0 aromatic heterocycles. The van der Waals surface area contributed by atoms with Gasteiger partial charge in [-0.15, -0.1) is 0 Å². The first-order valence-corrected chi connectivity index (χ1v) is 9.34. The number of esters is 1. The van der Waals surface area contributed by atoms with E-state index in [0.717, 1.165) is 5.56 Å². The molecule has 1 heterocycles. The number of benzene rings is 2. The highest BCUT2D eigenvalue weighted by atomic mass is 16.5. The van der Waals surface area contributed by atoms with Gasteiger partial charge in [0.15, 0.2) is 11.5 Å². The van der Waals surface area contributed by atoms with Gasteiger partial charge in [0.1, 0.15) is 11.5 Å². The molecule has 3 rings (SSSR count). The molecule has 30 heavy (non-hydrogen) atoms. The van der Waals surface area contributed by atoms with Crippen molar-refractivity contribution in [3.8, 4) is 23.0 Å². The summed E-state index contributed by atoms with van der Waals surface area (Å²) < 4.78 is 21.3. The van der Waals surface area contributed by atoms with Gasteiger partial charge in [-0.3, -0.25) is 9.59 Å². The van der Waals surface area contributed by atoms with Gasteiger partial charge in [0.05, 0.1) is 33.1 Å². The Hall–Kier alpha value is -3.55. The minimum absolute atomic E-state index is 0.202. The lowest BCUT2D eigenvalue weighted by Crippen LogP contribution is -2.24. The highest BCUT2D eigenvalue weighted by Crippen LogP contribution is 2.39. The molecule has 1 unspecified atom stereocenters. The van der Waals surface area contributed by atoms with Crippen molar-refractivity contribution >= 4 is 17.6 Å². The first-order valence-electron chi connectivity index (χ1n) is 9.34. The van der Waals surface area contributed by atoms with E-state index in [1.54, 1.807) is 38.5 Å². The average Bonchev–Trinajstić information content (AvgIpc) is 3.18. The number of hydrazone groups is 1. The molecule has 1 aliphatic rings. The van der Waals surface area contributed by atoms with Gasteiger partial charge in [-0.1, -0.05) is 6.07 Å². The Kier molecular flexibility index (Phi) is 6.25. The number of amides is 1. The molecular weight excluding hydrogens is 388 g/mol. The number of hydrogen-bond donors (Lipinski definition) is 0. The summed E-state index contributed by atoms with van der Waals surface area (Å²) in [6, 6.07) is 10.3. The van der Waals surface area contributed by atoms with E-state index < -0.39 is 5.97 Å². The number of hydrogen-bond acceptors (Lipinski definition) is 7. The fourth-order valence-electron chi connectivity index (χ4n) is 3.39. The van der Waals surface area contributed by atoms with E-state index in [1.165, 1.54) is 26.0 Å². The number of carbonyl (C=O) groups excluding carboxylic acids is 2. The van der Waals surface area contributed by atoms with Crippen LogP contribution in [0.3, 0.4) is 0 Å². The van der Waals surface area contributed by atoms with E-state index in [1.807, 2.05) is 12.1 Å². The second-order valence-corrected chi connectivity index (χ2v) is 6.70. The third kappa shape index (κ3) is 4.22. The second kappa shape index (κ2) is 8.86. The molecule has 2 aromatic rings. The molecule has 2 aromatic carbocycles. The van der Waals surface area contributed by atoms with Gasteiger partial charge in [-0.05, 0) is 29.8 Å². The van der Waals surface area contributed by atoms with Gasteiger partial charge in [0, 0.05) is 31.9 Å². The van der Waals surface area contributed by atoms with Gasteiger partial charge < -0.3 is 18.9 Å². The van der Waals surface area contributed by atoms with E-state index >= 15 is 0 Å². The van der Waals surface area contributed by atoms with Gasteiger partial charge in [-0.2, -0.15) is 5.10 Å². The summed E-state index contributed by atoms with van der Waals surface area (Å²) in [5.41, 5.74) is 2.10. The van der Waals surface area contributed by atoms with Crippen molar-refractivity contribution in [1.29, 1.82) is 0 Å². The van der Waals surface area contributed by atoms with Gasteiger partial charge >= 0.3 is 5.97 Å².